The fourth-order valence-corrected chi connectivity index (χ4v) is 5.05. The van der Waals surface area contributed by atoms with Crippen LogP contribution < -0.4 is 15.4 Å². The lowest BCUT2D eigenvalue weighted by Crippen LogP contribution is -2.52. The normalized spacial score (nSPS) is 25.4. The number of carbonyl (C=O) groups excluding carboxylic acids is 2. The molecule has 10 heteroatoms. The van der Waals surface area contributed by atoms with E-state index in [1.54, 1.807) is 42.5 Å². The van der Waals surface area contributed by atoms with Crippen molar-refractivity contribution >= 4 is 17.8 Å². The van der Waals surface area contributed by atoms with Gasteiger partial charge in [0, 0.05) is 6.04 Å². The van der Waals surface area contributed by atoms with E-state index >= 15 is 0 Å². The summed E-state index contributed by atoms with van der Waals surface area (Å²) in [6, 6.07) is 17.9. The van der Waals surface area contributed by atoms with E-state index in [1.165, 1.54) is 24.3 Å². The van der Waals surface area contributed by atoms with Crippen LogP contribution in [0, 0.1) is 11.8 Å². The Hall–Kier alpha value is -4.18. The lowest BCUT2D eigenvalue weighted by molar-refractivity contribution is -0.149. The van der Waals surface area contributed by atoms with Gasteiger partial charge in [-0.2, -0.15) is 13.2 Å². The van der Waals surface area contributed by atoms with Crippen LogP contribution in [-0.2, 0) is 26.1 Å². The van der Waals surface area contributed by atoms with Gasteiger partial charge in [-0.25, -0.2) is 4.79 Å². The molecule has 5 rings (SSSR count). The molecule has 3 N–H and O–H groups in total. The quantitative estimate of drug-likeness (QED) is 0.461. The number of carboxylic acids is 1. The number of nitrogens with one attached hydrogen (secondary N) is 2. The molecule has 36 heavy (non-hydrogen) atoms. The predicted octanol–water partition coefficient (Wildman–Crippen LogP) is 4.01. The Balaban J connectivity index is 1.53. The highest BCUT2D eigenvalue weighted by atomic mass is 19.4. The minimum absolute atomic E-state index is 0.0443. The molecule has 0 aliphatic carbocycles. The Morgan fingerprint density at radius 2 is 1.56 bits per heavy atom. The van der Waals surface area contributed by atoms with Gasteiger partial charge in [0.15, 0.2) is 5.54 Å². The minimum Gasteiger partial charge on any atom is -0.480 e. The number of fused-ring (bicyclic) bond motifs is 1. The van der Waals surface area contributed by atoms with Crippen LogP contribution in [0.15, 0.2) is 78.9 Å². The van der Waals surface area contributed by atoms with Gasteiger partial charge in [0.1, 0.15) is 11.5 Å². The first-order chi connectivity index (χ1) is 17.1. The van der Waals surface area contributed by atoms with Gasteiger partial charge >= 0.3 is 12.1 Å². The van der Waals surface area contributed by atoms with Gasteiger partial charge < -0.3 is 9.84 Å². The number of halogens is 3. The van der Waals surface area contributed by atoms with E-state index in [4.69, 9.17) is 4.74 Å². The number of aliphatic carboxylic acids is 1. The smallest absolute Gasteiger partial charge is 0.416 e. The first-order valence-electron chi connectivity index (χ1n) is 11.0. The number of carbonyl (C=O) groups is 3. The molecule has 2 amide bonds. The van der Waals surface area contributed by atoms with Crippen molar-refractivity contribution < 1.29 is 37.4 Å². The van der Waals surface area contributed by atoms with Crippen LogP contribution in [0.25, 0.3) is 0 Å². The van der Waals surface area contributed by atoms with Crippen LogP contribution in [0.5, 0.6) is 11.5 Å². The van der Waals surface area contributed by atoms with E-state index in [1.807, 2.05) is 0 Å². The summed E-state index contributed by atoms with van der Waals surface area (Å²) in [6.45, 7) is 0. The van der Waals surface area contributed by atoms with Crippen LogP contribution >= 0.6 is 0 Å². The fraction of sp³-hybridized carbons (Fsp3) is 0.192. The summed E-state index contributed by atoms with van der Waals surface area (Å²) in [7, 11) is 0. The van der Waals surface area contributed by atoms with Crippen molar-refractivity contribution in [1.29, 1.82) is 0 Å². The van der Waals surface area contributed by atoms with Gasteiger partial charge in [-0.1, -0.05) is 48.5 Å². The lowest BCUT2D eigenvalue weighted by Gasteiger charge is -2.30. The molecule has 0 bridgehead atoms. The zero-order valence-corrected chi connectivity index (χ0v) is 18.5. The summed E-state index contributed by atoms with van der Waals surface area (Å²) in [6.07, 6.45) is -4.54. The maximum absolute atomic E-state index is 13.1. The van der Waals surface area contributed by atoms with Crippen molar-refractivity contribution in [2.75, 3.05) is 0 Å². The van der Waals surface area contributed by atoms with Gasteiger partial charge in [0.05, 0.1) is 17.4 Å². The average Bonchev–Trinajstić information content (AvgIpc) is 3.36. The summed E-state index contributed by atoms with van der Waals surface area (Å²) < 4.78 is 44.9. The zero-order valence-electron chi connectivity index (χ0n) is 18.5. The summed E-state index contributed by atoms with van der Waals surface area (Å²) in [5.74, 6) is -4.72. The molecule has 0 aromatic heterocycles. The number of hydrogen-bond donors (Lipinski definition) is 3. The van der Waals surface area contributed by atoms with Gasteiger partial charge in [-0.3, -0.25) is 20.2 Å². The molecule has 0 saturated carbocycles. The second kappa shape index (κ2) is 8.49. The first-order valence-corrected chi connectivity index (χ1v) is 11.0. The standard InChI is InChI=1S/C26H19F3N2O5/c27-26(28,29)16-9-5-11-18(13-16)36-17-10-4-6-14(12-17)21-19-20(23(33)30-22(19)32)25(31-21,24(34)35)15-7-2-1-3-8-15/h1-13,19-21,31H,(H,34,35)(H,30,32,33). The van der Waals surface area contributed by atoms with Crippen molar-refractivity contribution in [2.24, 2.45) is 11.8 Å². The van der Waals surface area contributed by atoms with Crippen molar-refractivity contribution in [3.05, 3.63) is 95.6 Å². The third-order valence-electron chi connectivity index (χ3n) is 6.58. The average molecular weight is 496 g/mol. The Labute approximate surface area is 202 Å². The summed E-state index contributed by atoms with van der Waals surface area (Å²) in [5.41, 5.74) is -1.98. The molecular weight excluding hydrogens is 477 g/mol. The molecule has 3 aromatic carbocycles. The molecule has 4 unspecified atom stereocenters. The van der Waals surface area contributed by atoms with Crippen molar-refractivity contribution in [3.8, 4) is 11.5 Å². The molecular formula is C26H19F3N2O5. The number of ether oxygens (including phenoxy) is 1. The van der Waals surface area contributed by atoms with Gasteiger partial charge in [0.25, 0.3) is 0 Å². The van der Waals surface area contributed by atoms with E-state index in [0.717, 1.165) is 12.1 Å². The first kappa shape index (κ1) is 23.6. The number of hydrogen-bond acceptors (Lipinski definition) is 5. The molecule has 3 aromatic rings. The highest BCUT2D eigenvalue weighted by Gasteiger charge is 2.67. The van der Waals surface area contributed by atoms with E-state index in [0.29, 0.717) is 11.1 Å². The molecule has 2 aliphatic heterocycles. The lowest BCUT2D eigenvalue weighted by atomic mass is 9.75. The van der Waals surface area contributed by atoms with Crippen LogP contribution in [-0.4, -0.2) is 22.9 Å². The predicted molar refractivity (Wildman–Crippen MR) is 120 cm³/mol. The SMILES string of the molecule is O=C1NC(=O)C2C1C(c1cccc(Oc3cccc(C(F)(F)F)c3)c1)NC2(C(=O)O)c1ccccc1. The number of benzene rings is 3. The van der Waals surface area contributed by atoms with Crippen LogP contribution in [0.1, 0.15) is 22.7 Å². The monoisotopic (exact) mass is 496 g/mol. The summed E-state index contributed by atoms with van der Waals surface area (Å²) >= 11 is 0. The molecule has 0 radical (unpaired) electrons. The summed E-state index contributed by atoms with van der Waals surface area (Å²) in [4.78, 5) is 38.2. The Bertz CT molecular complexity index is 1360. The second-order valence-electron chi connectivity index (χ2n) is 8.66. The number of amides is 2. The van der Waals surface area contributed by atoms with Crippen molar-refractivity contribution in [3.63, 3.8) is 0 Å². The van der Waals surface area contributed by atoms with Gasteiger partial charge in [-0.05, 0) is 41.5 Å². The molecule has 2 aliphatic rings. The van der Waals surface area contributed by atoms with Gasteiger partial charge in [-0.15, -0.1) is 0 Å². The highest BCUT2D eigenvalue weighted by Crippen LogP contribution is 2.51. The molecule has 0 spiro atoms. The number of carboxylic acid groups (broad SMARTS) is 1. The molecule has 2 fully saturated rings. The molecule has 184 valence electrons. The van der Waals surface area contributed by atoms with E-state index in [2.05, 4.69) is 10.6 Å². The van der Waals surface area contributed by atoms with Crippen molar-refractivity contribution in [1.82, 2.24) is 10.6 Å². The fourth-order valence-electron chi connectivity index (χ4n) is 5.05. The van der Waals surface area contributed by atoms with Gasteiger partial charge in [0.2, 0.25) is 11.8 Å². The minimum atomic E-state index is -4.54. The third-order valence-corrected chi connectivity index (χ3v) is 6.58. The van der Waals surface area contributed by atoms with E-state index in [-0.39, 0.29) is 11.5 Å². The number of rotatable bonds is 5. The molecule has 2 heterocycles. The van der Waals surface area contributed by atoms with Crippen LogP contribution in [0.3, 0.4) is 0 Å². The Morgan fingerprint density at radius 3 is 2.22 bits per heavy atom. The number of imide groups is 1. The van der Waals surface area contributed by atoms with Crippen LogP contribution in [0.4, 0.5) is 13.2 Å². The highest BCUT2D eigenvalue weighted by molar-refractivity contribution is 6.09. The maximum atomic E-state index is 13.1. The zero-order chi connectivity index (χ0) is 25.7. The second-order valence-corrected chi connectivity index (χ2v) is 8.66. The number of alkyl halides is 3. The largest absolute Gasteiger partial charge is 0.480 e. The molecule has 2 saturated heterocycles. The molecule has 7 nitrogen and oxygen atoms in total. The molecule has 4 atom stereocenters. The van der Waals surface area contributed by atoms with E-state index in [9.17, 15) is 32.7 Å². The summed E-state index contributed by atoms with van der Waals surface area (Å²) in [5, 5.41) is 15.6. The Kier molecular flexibility index (Phi) is 5.55. The Morgan fingerprint density at radius 1 is 0.889 bits per heavy atom. The third kappa shape index (κ3) is 3.79. The van der Waals surface area contributed by atoms with Crippen LogP contribution in [0.2, 0.25) is 0 Å². The maximum Gasteiger partial charge on any atom is 0.416 e. The van der Waals surface area contributed by atoms with Crippen molar-refractivity contribution in [2.45, 2.75) is 17.8 Å². The van der Waals surface area contributed by atoms with E-state index < -0.39 is 52.9 Å². The topological polar surface area (TPSA) is 105 Å².